The van der Waals surface area contributed by atoms with Gasteiger partial charge >= 0.3 is 12.1 Å². The van der Waals surface area contributed by atoms with Crippen molar-refractivity contribution in [2.75, 3.05) is 13.2 Å². The summed E-state index contributed by atoms with van der Waals surface area (Å²) in [6, 6.07) is 27.9. The van der Waals surface area contributed by atoms with E-state index in [4.69, 9.17) is 30.5 Å². The first-order valence-corrected chi connectivity index (χ1v) is 19.0. The molecule has 298 valence electrons. The van der Waals surface area contributed by atoms with Gasteiger partial charge in [0.05, 0.1) is 19.0 Å². The molecule has 0 radical (unpaired) electrons. The van der Waals surface area contributed by atoms with Crippen LogP contribution >= 0.6 is 0 Å². The molecule has 4 aromatic rings. The highest BCUT2D eigenvalue weighted by atomic mass is 32.2. The maximum Gasteiger partial charge on any atom is 0.490 e. The number of amides is 2. The smallest absolute Gasteiger partial charge is 0.490 e. The maximum atomic E-state index is 14.0. The quantitative estimate of drug-likeness (QED) is 0.111. The van der Waals surface area contributed by atoms with Crippen molar-refractivity contribution in [2.45, 2.75) is 56.2 Å². The summed E-state index contributed by atoms with van der Waals surface area (Å²) >= 11 is 0. The highest BCUT2D eigenvalue weighted by Gasteiger charge is 2.38. The molecule has 2 atom stereocenters. The number of carboxylic acids is 1. The highest BCUT2D eigenvalue weighted by molar-refractivity contribution is 7.88. The van der Waals surface area contributed by atoms with Crippen LogP contribution in [0.2, 0.25) is 0 Å². The lowest BCUT2D eigenvalue weighted by Crippen LogP contribution is -2.55. The number of nitrogen functional groups attached to an aromatic ring is 1. The van der Waals surface area contributed by atoms with Gasteiger partial charge in [0.1, 0.15) is 29.4 Å². The van der Waals surface area contributed by atoms with Crippen LogP contribution in [0.15, 0.2) is 103 Å². The Labute approximate surface area is 322 Å². The minimum atomic E-state index is -5.08. The Morgan fingerprint density at radius 1 is 0.821 bits per heavy atom. The number of nitrogens with one attached hydrogen (secondary N) is 4. The molecule has 0 fully saturated rings. The molecule has 17 heteroatoms. The Morgan fingerprint density at radius 3 is 1.84 bits per heavy atom. The van der Waals surface area contributed by atoms with Gasteiger partial charge in [-0.05, 0) is 65.8 Å². The number of aliphatic carboxylic acids is 1. The molecule has 0 spiro atoms. The van der Waals surface area contributed by atoms with Crippen LogP contribution in [-0.2, 0) is 49.5 Å². The zero-order valence-electron chi connectivity index (χ0n) is 30.1. The first kappa shape index (κ1) is 42.8. The second kappa shape index (κ2) is 20.1. The van der Waals surface area contributed by atoms with Gasteiger partial charge in [0.2, 0.25) is 21.8 Å². The van der Waals surface area contributed by atoms with Gasteiger partial charge in [-0.25, -0.2) is 17.9 Å². The van der Waals surface area contributed by atoms with Crippen LogP contribution in [0.4, 0.5) is 13.2 Å². The van der Waals surface area contributed by atoms with E-state index in [1.54, 1.807) is 78.9 Å². The predicted octanol–water partition coefficient (Wildman–Crippen LogP) is 4.23. The SMILES string of the molecule is N=C(N)c1ccc(CNC(=O)[C@@H]2Cc3ccc(cc3)OCCCCOc3ccc(cc3)C[C@@H](NS(=O)(=O)Cc3ccccc3)C(=O)N2)cc1.O=C(O)C(F)(F)F. The number of carbonyl (C=O) groups is 3. The minimum Gasteiger partial charge on any atom is -0.494 e. The molecular weight excluding hydrogens is 756 g/mol. The van der Waals surface area contributed by atoms with Crippen LogP contribution in [0.1, 0.15) is 40.7 Å². The van der Waals surface area contributed by atoms with Crippen LogP contribution < -0.4 is 30.6 Å². The molecule has 0 unspecified atom stereocenters. The van der Waals surface area contributed by atoms with E-state index in [1.807, 2.05) is 24.3 Å². The van der Waals surface area contributed by atoms with E-state index in [0.717, 1.165) is 24.0 Å². The number of amidine groups is 1. The number of benzene rings is 4. The number of sulfonamides is 1. The normalized spacial score (nSPS) is 16.5. The Kier molecular flexibility index (Phi) is 15.4. The first-order chi connectivity index (χ1) is 26.6. The lowest BCUT2D eigenvalue weighted by atomic mass is 10.0. The lowest BCUT2D eigenvalue weighted by molar-refractivity contribution is -0.192. The van der Waals surface area contributed by atoms with E-state index >= 15 is 0 Å². The third kappa shape index (κ3) is 14.4. The van der Waals surface area contributed by atoms with Crippen molar-refractivity contribution in [2.24, 2.45) is 5.73 Å². The molecule has 4 bridgehead atoms. The molecule has 13 nitrogen and oxygen atoms in total. The van der Waals surface area contributed by atoms with Gasteiger partial charge in [0, 0.05) is 18.5 Å². The molecule has 2 amide bonds. The summed E-state index contributed by atoms with van der Waals surface area (Å²) < 4.78 is 72.8. The fraction of sp³-hybridized carbons (Fsp3) is 0.282. The molecule has 56 heavy (non-hydrogen) atoms. The largest absolute Gasteiger partial charge is 0.494 e. The van der Waals surface area contributed by atoms with Crippen molar-refractivity contribution in [3.63, 3.8) is 0 Å². The summed E-state index contributed by atoms with van der Waals surface area (Å²) in [4.78, 5) is 36.5. The zero-order valence-corrected chi connectivity index (χ0v) is 30.9. The molecule has 4 aliphatic rings. The average Bonchev–Trinajstić information content (AvgIpc) is 3.15. The van der Waals surface area contributed by atoms with Crippen LogP contribution in [0.5, 0.6) is 11.5 Å². The van der Waals surface area contributed by atoms with Gasteiger partial charge in [-0.1, -0.05) is 78.9 Å². The molecule has 4 heterocycles. The van der Waals surface area contributed by atoms with Crippen molar-refractivity contribution in [3.05, 3.63) is 131 Å². The molecule has 4 aliphatic heterocycles. The Hall–Kier alpha value is -5.94. The second-order valence-electron chi connectivity index (χ2n) is 12.7. The third-order valence-corrected chi connectivity index (χ3v) is 9.60. The molecule has 4 aromatic carbocycles. The molecule has 0 saturated carbocycles. The fourth-order valence-electron chi connectivity index (χ4n) is 5.34. The van der Waals surface area contributed by atoms with Gasteiger partial charge in [0.15, 0.2) is 0 Å². The number of hydrogen-bond acceptors (Lipinski definition) is 8. The van der Waals surface area contributed by atoms with Crippen LogP contribution in [0.25, 0.3) is 0 Å². The van der Waals surface area contributed by atoms with Crippen LogP contribution in [-0.4, -0.2) is 68.6 Å². The number of ether oxygens (including phenoxy) is 2. The summed E-state index contributed by atoms with van der Waals surface area (Å²) in [6.07, 6.45) is -3.29. The standard InChI is InChI=1S/C37H41N5O6S.C2HF3O2/c38-35(39)30-14-8-28(9-15-30)24-40-36(43)33-22-26-10-16-31(17-11-26)47-20-4-5-21-48-32-18-12-27(13-19-32)23-34(37(44)41-33)42-49(45,46)25-29-6-2-1-3-7-29;3-2(4,5)1(6)7/h1-3,6-19,33-34,42H,4-5,20-25H2,(H3,38,39)(H,40,43)(H,41,44);(H,6,7)/t33-,34+;/m0./s1. The third-order valence-electron chi connectivity index (χ3n) is 8.25. The summed E-state index contributed by atoms with van der Waals surface area (Å²) in [5.41, 5.74) is 8.96. The molecule has 7 N–H and O–H groups in total. The monoisotopic (exact) mass is 797 g/mol. The zero-order chi connectivity index (χ0) is 40.7. The van der Waals surface area contributed by atoms with Crippen LogP contribution in [0, 0.1) is 5.41 Å². The maximum absolute atomic E-state index is 14.0. The van der Waals surface area contributed by atoms with E-state index in [-0.39, 0.29) is 31.0 Å². The number of carboxylic acid groups (broad SMARTS) is 1. The number of alkyl halides is 3. The average molecular weight is 798 g/mol. The number of halogens is 3. The van der Waals surface area contributed by atoms with Crippen molar-refractivity contribution in [1.29, 1.82) is 5.41 Å². The Bertz CT molecular complexity index is 2030. The number of carbonyl (C=O) groups excluding carboxylic acids is 2. The van der Waals surface area contributed by atoms with Crippen molar-refractivity contribution < 1.29 is 50.6 Å². The summed E-state index contributed by atoms with van der Waals surface area (Å²) in [7, 11) is -3.97. The van der Waals surface area contributed by atoms with Gasteiger partial charge in [-0.3, -0.25) is 15.0 Å². The van der Waals surface area contributed by atoms with E-state index in [0.29, 0.717) is 41.4 Å². The number of hydrogen-bond donors (Lipinski definition) is 6. The van der Waals surface area contributed by atoms with Crippen molar-refractivity contribution >= 4 is 33.6 Å². The summed E-state index contributed by atoms with van der Waals surface area (Å²) in [5.74, 6) is -2.88. The van der Waals surface area contributed by atoms with Crippen LogP contribution in [0.3, 0.4) is 0 Å². The fourth-order valence-corrected chi connectivity index (χ4v) is 6.67. The lowest BCUT2D eigenvalue weighted by Gasteiger charge is -2.24. The Balaban J connectivity index is 0.000000908. The first-order valence-electron chi connectivity index (χ1n) is 17.4. The molecular formula is C39H42F3N5O8S. The second-order valence-corrected chi connectivity index (χ2v) is 14.5. The summed E-state index contributed by atoms with van der Waals surface area (Å²) in [5, 5.41) is 20.4. The molecule has 0 aromatic heterocycles. The molecule has 8 rings (SSSR count). The van der Waals surface area contributed by atoms with E-state index in [2.05, 4.69) is 15.4 Å². The highest BCUT2D eigenvalue weighted by Crippen LogP contribution is 2.18. The van der Waals surface area contributed by atoms with Gasteiger partial charge < -0.3 is 30.9 Å². The van der Waals surface area contributed by atoms with Gasteiger partial charge in [0.25, 0.3) is 0 Å². The molecule has 0 aliphatic carbocycles. The van der Waals surface area contributed by atoms with E-state index in [1.165, 1.54) is 0 Å². The predicted molar refractivity (Wildman–Crippen MR) is 201 cm³/mol. The molecule has 0 saturated heterocycles. The number of rotatable bonds is 8. The topological polar surface area (TPSA) is 210 Å². The Morgan fingerprint density at radius 2 is 1.34 bits per heavy atom. The number of nitrogens with two attached hydrogens (primary N) is 1. The van der Waals surface area contributed by atoms with Gasteiger partial charge in [-0.2, -0.15) is 13.2 Å². The van der Waals surface area contributed by atoms with Crippen molar-refractivity contribution in [3.8, 4) is 11.5 Å². The minimum absolute atomic E-state index is 0.0446. The van der Waals surface area contributed by atoms with Gasteiger partial charge in [-0.15, -0.1) is 0 Å². The van der Waals surface area contributed by atoms with E-state index < -0.39 is 46.1 Å². The van der Waals surface area contributed by atoms with E-state index in [9.17, 15) is 31.2 Å². The summed E-state index contributed by atoms with van der Waals surface area (Å²) in [6.45, 7) is 1.20. The van der Waals surface area contributed by atoms with Crippen molar-refractivity contribution in [1.82, 2.24) is 15.4 Å².